The quantitative estimate of drug-likeness (QED) is 0.647. The molecule has 1 heteroatoms. The van der Waals surface area contributed by atoms with Crippen LogP contribution in [0.2, 0.25) is 0 Å². The Balaban J connectivity index is 1.42. The van der Waals surface area contributed by atoms with Gasteiger partial charge in [0.1, 0.15) is 0 Å². The monoisotopic (exact) mass is 220 g/mol. The molecule has 90 valence electrons. The van der Waals surface area contributed by atoms with Crippen LogP contribution in [0, 0.1) is 29.6 Å². The third-order valence-electron chi connectivity index (χ3n) is 6.06. The molecule has 1 heterocycles. The summed E-state index contributed by atoms with van der Waals surface area (Å²) in [5.41, 5.74) is 0. The van der Waals surface area contributed by atoms with Gasteiger partial charge in [0.25, 0.3) is 0 Å². The minimum absolute atomic E-state index is 0.697. The van der Waals surface area contributed by atoms with Crippen LogP contribution in [0.3, 0.4) is 0 Å². The van der Waals surface area contributed by atoms with Gasteiger partial charge < -0.3 is 4.74 Å². The molecule has 0 spiro atoms. The van der Waals surface area contributed by atoms with E-state index in [2.05, 4.69) is 0 Å². The molecule has 2 bridgehead atoms. The Morgan fingerprint density at radius 1 is 0.688 bits per heavy atom. The lowest BCUT2D eigenvalue weighted by atomic mass is 9.70. The van der Waals surface area contributed by atoms with Gasteiger partial charge in [0.2, 0.25) is 0 Å². The first-order valence-corrected chi connectivity index (χ1v) is 7.53. The molecule has 4 rings (SSSR count). The molecule has 5 atom stereocenters. The summed E-state index contributed by atoms with van der Waals surface area (Å²) in [4.78, 5) is 0. The maximum absolute atomic E-state index is 5.53. The van der Waals surface area contributed by atoms with Crippen LogP contribution in [0.5, 0.6) is 0 Å². The minimum atomic E-state index is 0.697. The summed E-state index contributed by atoms with van der Waals surface area (Å²) in [6, 6.07) is 0. The van der Waals surface area contributed by atoms with Crippen molar-refractivity contribution in [3.63, 3.8) is 0 Å². The van der Waals surface area contributed by atoms with Crippen LogP contribution in [0.4, 0.5) is 0 Å². The Hall–Kier alpha value is -0.0400. The van der Waals surface area contributed by atoms with Crippen molar-refractivity contribution in [2.75, 3.05) is 6.61 Å². The van der Waals surface area contributed by atoms with Gasteiger partial charge in [0.15, 0.2) is 0 Å². The summed E-state index contributed by atoms with van der Waals surface area (Å²) in [6.45, 7) is 1.09. The molecule has 4 aliphatic rings. The van der Waals surface area contributed by atoms with Gasteiger partial charge in [-0.15, -0.1) is 0 Å². The van der Waals surface area contributed by atoms with Crippen LogP contribution in [-0.4, -0.2) is 12.7 Å². The second-order valence-corrected chi connectivity index (χ2v) is 6.82. The molecule has 3 aliphatic carbocycles. The smallest absolute Gasteiger partial charge is 0.0840 e. The highest BCUT2D eigenvalue weighted by molar-refractivity contribution is 5.01. The van der Waals surface area contributed by atoms with Crippen molar-refractivity contribution in [1.82, 2.24) is 0 Å². The first-order chi connectivity index (χ1) is 7.92. The molecule has 16 heavy (non-hydrogen) atoms. The van der Waals surface area contributed by atoms with Crippen LogP contribution in [0.15, 0.2) is 0 Å². The average molecular weight is 220 g/mol. The average Bonchev–Trinajstić information content (AvgIpc) is 3.00. The van der Waals surface area contributed by atoms with Crippen LogP contribution in [0.1, 0.15) is 51.4 Å². The topological polar surface area (TPSA) is 12.5 Å². The lowest BCUT2D eigenvalue weighted by Crippen LogP contribution is -2.27. The molecule has 0 aromatic carbocycles. The fourth-order valence-electron chi connectivity index (χ4n) is 5.26. The maximum atomic E-state index is 5.53. The van der Waals surface area contributed by atoms with Gasteiger partial charge >= 0.3 is 0 Å². The van der Waals surface area contributed by atoms with E-state index in [4.69, 9.17) is 4.74 Å². The van der Waals surface area contributed by atoms with Gasteiger partial charge in [0.05, 0.1) is 12.7 Å². The zero-order valence-corrected chi connectivity index (χ0v) is 10.2. The Kier molecular flexibility index (Phi) is 2.32. The van der Waals surface area contributed by atoms with E-state index in [1.54, 1.807) is 25.7 Å². The second-order valence-electron chi connectivity index (χ2n) is 6.82. The number of fused-ring (bicyclic) bond motifs is 2. The van der Waals surface area contributed by atoms with Crippen LogP contribution < -0.4 is 0 Å². The summed E-state index contributed by atoms with van der Waals surface area (Å²) >= 11 is 0. The van der Waals surface area contributed by atoms with Gasteiger partial charge in [-0.1, -0.05) is 32.1 Å². The zero-order valence-electron chi connectivity index (χ0n) is 10.2. The van der Waals surface area contributed by atoms with Gasteiger partial charge in [0, 0.05) is 0 Å². The SMILES string of the molecule is C1CCC(C2CC3CC2CC3C2CO2)CC1. The molecule has 3 saturated carbocycles. The summed E-state index contributed by atoms with van der Waals surface area (Å²) in [5.74, 6) is 5.38. The van der Waals surface area contributed by atoms with Crippen molar-refractivity contribution in [3.05, 3.63) is 0 Å². The van der Waals surface area contributed by atoms with E-state index in [0.29, 0.717) is 6.10 Å². The van der Waals surface area contributed by atoms with Gasteiger partial charge in [-0.2, -0.15) is 0 Å². The summed E-state index contributed by atoms with van der Waals surface area (Å²) in [7, 11) is 0. The molecule has 4 fully saturated rings. The molecular weight excluding hydrogens is 196 g/mol. The Morgan fingerprint density at radius 3 is 2.00 bits per heavy atom. The van der Waals surface area contributed by atoms with Crippen molar-refractivity contribution in [3.8, 4) is 0 Å². The Labute approximate surface area is 98.9 Å². The molecule has 1 saturated heterocycles. The van der Waals surface area contributed by atoms with E-state index in [-0.39, 0.29) is 0 Å². The molecule has 0 radical (unpaired) electrons. The predicted octanol–water partition coefficient (Wildman–Crippen LogP) is 3.63. The minimum Gasteiger partial charge on any atom is -0.373 e. The van der Waals surface area contributed by atoms with E-state index < -0.39 is 0 Å². The van der Waals surface area contributed by atoms with E-state index >= 15 is 0 Å². The van der Waals surface area contributed by atoms with Gasteiger partial charge in [-0.25, -0.2) is 0 Å². The van der Waals surface area contributed by atoms with Crippen LogP contribution in [-0.2, 0) is 4.74 Å². The normalized spacial score (nSPS) is 52.1. The van der Waals surface area contributed by atoms with E-state index in [0.717, 1.165) is 36.2 Å². The number of ether oxygens (including phenoxy) is 1. The number of rotatable bonds is 2. The van der Waals surface area contributed by atoms with Crippen molar-refractivity contribution in [1.29, 1.82) is 0 Å². The molecule has 0 aromatic heterocycles. The first kappa shape index (κ1) is 9.94. The van der Waals surface area contributed by atoms with E-state index in [1.807, 2.05) is 0 Å². The van der Waals surface area contributed by atoms with Crippen molar-refractivity contribution in [2.45, 2.75) is 57.5 Å². The maximum Gasteiger partial charge on any atom is 0.0840 e. The van der Waals surface area contributed by atoms with E-state index in [9.17, 15) is 0 Å². The highest BCUT2D eigenvalue weighted by Crippen LogP contribution is 2.58. The molecule has 1 nitrogen and oxygen atoms in total. The summed E-state index contributed by atoms with van der Waals surface area (Å²) < 4.78 is 5.53. The number of epoxide rings is 1. The third kappa shape index (κ3) is 1.54. The third-order valence-corrected chi connectivity index (χ3v) is 6.06. The summed E-state index contributed by atoms with van der Waals surface area (Å²) in [6.07, 6.45) is 13.0. The molecule has 0 aromatic rings. The fourth-order valence-corrected chi connectivity index (χ4v) is 5.26. The van der Waals surface area contributed by atoms with Crippen molar-refractivity contribution >= 4 is 0 Å². The second kappa shape index (κ2) is 3.73. The zero-order chi connectivity index (χ0) is 10.5. The summed E-state index contributed by atoms with van der Waals surface area (Å²) in [5, 5.41) is 0. The highest BCUT2D eigenvalue weighted by atomic mass is 16.6. The van der Waals surface area contributed by atoms with Crippen molar-refractivity contribution < 1.29 is 4.74 Å². The van der Waals surface area contributed by atoms with Gasteiger partial charge in [-0.3, -0.25) is 0 Å². The Morgan fingerprint density at radius 2 is 1.38 bits per heavy atom. The van der Waals surface area contributed by atoms with Gasteiger partial charge in [-0.05, 0) is 48.9 Å². The molecule has 0 amide bonds. The lowest BCUT2D eigenvalue weighted by molar-refractivity contribution is 0.140. The molecule has 5 unspecified atom stereocenters. The Bertz CT molecular complexity index is 265. The molecule has 0 N–H and O–H groups in total. The first-order valence-electron chi connectivity index (χ1n) is 7.53. The standard InChI is InChI=1S/C15H24O/c1-2-4-10(5-3-1)13-7-12-6-11(13)8-14(12)15-9-16-15/h10-15H,1-9H2. The number of hydrogen-bond donors (Lipinski definition) is 0. The predicted molar refractivity (Wildman–Crippen MR) is 64.1 cm³/mol. The number of hydrogen-bond acceptors (Lipinski definition) is 1. The van der Waals surface area contributed by atoms with E-state index in [1.165, 1.54) is 25.7 Å². The fraction of sp³-hybridized carbons (Fsp3) is 1.00. The van der Waals surface area contributed by atoms with Crippen LogP contribution >= 0.6 is 0 Å². The van der Waals surface area contributed by atoms with Crippen LogP contribution in [0.25, 0.3) is 0 Å². The lowest BCUT2D eigenvalue weighted by Gasteiger charge is -2.35. The van der Waals surface area contributed by atoms with Crippen molar-refractivity contribution in [2.24, 2.45) is 29.6 Å². The highest BCUT2D eigenvalue weighted by Gasteiger charge is 2.52. The largest absolute Gasteiger partial charge is 0.373 e. The molecule has 1 aliphatic heterocycles. The molecular formula is C15H24O.